The number of ether oxygens (including phenoxy) is 1. The van der Waals surface area contributed by atoms with Gasteiger partial charge in [-0.3, -0.25) is 0 Å². The van der Waals surface area contributed by atoms with Crippen LogP contribution >= 0.6 is 11.6 Å². The van der Waals surface area contributed by atoms with Gasteiger partial charge in [0, 0.05) is 17.8 Å². The Morgan fingerprint density at radius 2 is 1.76 bits per heavy atom. The molecule has 0 saturated heterocycles. The highest BCUT2D eigenvalue weighted by atomic mass is 35.5. The second-order valence-electron chi connectivity index (χ2n) is 7.91. The third-order valence-corrected chi connectivity index (χ3v) is 5.62. The molecular formula is C26H21ClF3N5O2. The average Bonchev–Trinajstić information content (AvgIpc) is 2.87. The summed E-state index contributed by atoms with van der Waals surface area (Å²) in [5.74, 6) is 1.28. The van der Waals surface area contributed by atoms with Crippen molar-refractivity contribution in [3.05, 3.63) is 89.2 Å². The summed E-state index contributed by atoms with van der Waals surface area (Å²) in [6.45, 7) is 2.04. The highest BCUT2D eigenvalue weighted by Gasteiger charge is 2.31. The van der Waals surface area contributed by atoms with Gasteiger partial charge in [0.05, 0.1) is 28.2 Å². The number of alkyl halides is 3. The molecule has 2 heterocycles. The molecule has 11 heteroatoms. The first kappa shape index (κ1) is 25.8. The van der Waals surface area contributed by atoms with Crippen molar-refractivity contribution >= 4 is 34.8 Å². The fraction of sp³-hybridized carbons (Fsp3) is 0.115. The van der Waals surface area contributed by atoms with E-state index < -0.39 is 17.8 Å². The Morgan fingerprint density at radius 1 is 1.00 bits per heavy atom. The Hall–Kier alpha value is -4.31. The number of carbonyl (C=O) groups excluding carboxylic acids is 1. The van der Waals surface area contributed by atoms with Gasteiger partial charge in [0.1, 0.15) is 11.6 Å². The second kappa shape index (κ2) is 10.8. The van der Waals surface area contributed by atoms with Crippen LogP contribution < -0.4 is 21.1 Å². The van der Waals surface area contributed by atoms with E-state index in [4.69, 9.17) is 22.1 Å². The molecule has 190 valence electrons. The first-order chi connectivity index (χ1) is 17.6. The maximum absolute atomic E-state index is 12.8. The first-order valence-corrected chi connectivity index (χ1v) is 11.4. The van der Waals surface area contributed by atoms with Gasteiger partial charge >= 0.3 is 12.2 Å². The number of rotatable bonds is 6. The molecule has 2 amide bonds. The number of hydrogen-bond donors (Lipinski definition) is 3. The van der Waals surface area contributed by atoms with Gasteiger partial charge in [0.15, 0.2) is 0 Å². The topological polar surface area (TPSA) is 102 Å². The first-order valence-electron chi connectivity index (χ1n) is 11.1. The van der Waals surface area contributed by atoms with Gasteiger partial charge < -0.3 is 21.1 Å². The fourth-order valence-corrected chi connectivity index (χ4v) is 3.59. The number of carbonyl (C=O) groups is 1. The van der Waals surface area contributed by atoms with Crippen LogP contribution in [0, 0.1) is 0 Å². The zero-order valence-corrected chi connectivity index (χ0v) is 20.2. The molecule has 4 rings (SSSR count). The van der Waals surface area contributed by atoms with Gasteiger partial charge in [-0.2, -0.15) is 13.2 Å². The summed E-state index contributed by atoms with van der Waals surface area (Å²) in [6, 6.07) is 14.4. The largest absolute Gasteiger partial charge is 0.439 e. The number of aryl methyl sites for hydroxylation is 1. The Morgan fingerprint density at radius 3 is 2.38 bits per heavy atom. The highest BCUT2D eigenvalue weighted by molar-refractivity contribution is 6.33. The van der Waals surface area contributed by atoms with Crippen molar-refractivity contribution < 1.29 is 22.7 Å². The highest BCUT2D eigenvalue weighted by Crippen LogP contribution is 2.34. The molecular weight excluding hydrogens is 507 g/mol. The summed E-state index contributed by atoms with van der Waals surface area (Å²) in [7, 11) is 0. The van der Waals surface area contributed by atoms with Crippen LogP contribution in [-0.2, 0) is 12.6 Å². The summed E-state index contributed by atoms with van der Waals surface area (Å²) >= 11 is 5.87. The lowest BCUT2D eigenvalue weighted by Crippen LogP contribution is -2.20. The normalized spacial score (nSPS) is 11.2. The zero-order chi connectivity index (χ0) is 26.6. The van der Waals surface area contributed by atoms with E-state index in [9.17, 15) is 18.0 Å². The SMILES string of the molecule is CCc1cnc(N)c(-c2ccc(Oc3ccc(NC(=O)Nc4ccc(C(F)(F)F)cc4Cl)cn3)cc2)c1. The van der Waals surface area contributed by atoms with Crippen LogP contribution in [0.3, 0.4) is 0 Å². The van der Waals surface area contributed by atoms with Crippen molar-refractivity contribution in [1.82, 2.24) is 9.97 Å². The Labute approximate surface area is 215 Å². The van der Waals surface area contributed by atoms with E-state index in [1.54, 1.807) is 30.5 Å². The quantitative estimate of drug-likeness (QED) is 0.242. The van der Waals surface area contributed by atoms with Gasteiger partial charge in [-0.15, -0.1) is 0 Å². The van der Waals surface area contributed by atoms with E-state index in [-0.39, 0.29) is 10.7 Å². The molecule has 4 aromatic rings. The Balaban J connectivity index is 1.36. The number of nitrogens with two attached hydrogens (primary N) is 1. The van der Waals surface area contributed by atoms with Crippen molar-refractivity contribution in [2.45, 2.75) is 19.5 Å². The van der Waals surface area contributed by atoms with E-state index in [2.05, 4.69) is 20.6 Å². The number of nitrogens with one attached hydrogen (secondary N) is 2. The number of pyridine rings is 2. The smallest absolute Gasteiger partial charge is 0.416 e. The third-order valence-electron chi connectivity index (χ3n) is 5.31. The van der Waals surface area contributed by atoms with E-state index in [1.807, 2.05) is 25.1 Å². The summed E-state index contributed by atoms with van der Waals surface area (Å²) in [4.78, 5) is 20.6. The van der Waals surface area contributed by atoms with Gasteiger partial charge in [-0.25, -0.2) is 14.8 Å². The van der Waals surface area contributed by atoms with E-state index in [0.717, 1.165) is 41.3 Å². The zero-order valence-electron chi connectivity index (χ0n) is 19.4. The molecule has 37 heavy (non-hydrogen) atoms. The molecule has 2 aromatic carbocycles. The lowest BCUT2D eigenvalue weighted by Gasteiger charge is -2.12. The number of nitrogens with zero attached hydrogens (tertiary/aromatic N) is 2. The lowest BCUT2D eigenvalue weighted by molar-refractivity contribution is -0.137. The standard InChI is InChI=1S/C26H21ClF3N5O2/c1-2-15-11-20(24(31)33-13-15)16-3-7-19(8-4-16)37-23-10-6-18(14-32-23)34-25(36)35-22-9-5-17(12-21(22)27)26(28,29)30/h3-14H,2H2,1H3,(H2,31,33)(H2,34,35,36). The molecule has 4 N–H and O–H groups in total. The van der Waals surface area contributed by atoms with Crippen molar-refractivity contribution in [2.75, 3.05) is 16.4 Å². The number of halogens is 4. The molecule has 0 bridgehead atoms. The van der Waals surface area contributed by atoms with E-state index in [1.165, 1.54) is 6.20 Å². The van der Waals surface area contributed by atoms with Crippen LogP contribution in [0.1, 0.15) is 18.1 Å². The van der Waals surface area contributed by atoms with Crippen LogP contribution in [0.2, 0.25) is 5.02 Å². The molecule has 0 saturated carbocycles. The molecule has 0 aliphatic heterocycles. The van der Waals surface area contributed by atoms with E-state index in [0.29, 0.717) is 23.1 Å². The average molecular weight is 528 g/mol. The molecule has 0 unspecified atom stereocenters. The van der Waals surface area contributed by atoms with Gasteiger partial charge in [-0.05, 0) is 60.0 Å². The molecule has 0 fully saturated rings. The molecule has 0 radical (unpaired) electrons. The Kier molecular flexibility index (Phi) is 7.49. The van der Waals surface area contributed by atoms with E-state index >= 15 is 0 Å². The van der Waals surface area contributed by atoms with Gasteiger partial charge in [0.25, 0.3) is 0 Å². The minimum absolute atomic E-state index is 0.0301. The van der Waals surface area contributed by atoms with Crippen molar-refractivity contribution in [1.29, 1.82) is 0 Å². The predicted molar refractivity (Wildman–Crippen MR) is 137 cm³/mol. The molecule has 2 aromatic heterocycles. The molecule has 0 atom stereocenters. The lowest BCUT2D eigenvalue weighted by atomic mass is 10.0. The second-order valence-corrected chi connectivity index (χ2v) is 8.32. The fourth-order valence-electron chi connectivity index (χ4n) is 3.36. The maximum Gasteiger partial charge on any atom is 0.416 e. The summed E-state index contributed by atoms with van der Waals surface area (Å²) in [6.07, 6.45) is -0.551. The third kappa shape index (κ3) is 6.47. The van der Waals surface area contributed by atoms with Crippen molar-refractivity contribution in [3.8, 4) is 22.8 Å². The van der Waals surface area contributed by atoms with Crippen molar-refractivity contribution in [2.24, 2.45) is 0 Å². The minimum Gasteiger partial charge on any atom is -0.439 e. The molecule has 0 aliphatic rings. The number of aromatic nitrogens is 2. The van der Waals surface area contributed by atoms with Gasteiger partial charge in [0.2, 0.25) is 5.88 Å². The van der Waals surface area contributed by atoms with Gasteiger partial charge in [-0.1, -0.05) is 30.7 Å². The monoisotopic (exact) mass is 527 g/mol. The minimum atomic E-state index is -4.53. The molecule has 0 aliphatic carbocycles. The number of amides is 2. The molecule has 0 spiro atoms. The van der Waals surface area contributed by atoms with Crippen LogP contribution in [0.25, 0.3) is 11.1 Å². The Bertz CT molecular complexity index is 1410. The van der Waals surface area contributed by atoms with Crippen LogP contribution in [0.15, 0.2) is 73.1 Å². The van der Waals surface area contributed by atoms with Crippen LogP contribution in [0.4, 0.5) is 35.2 Å². The summed E-state index contributed by atoms with van der Waals surface area (Å²) in [5, 5.41) is 4.69. The number of anilines is 3. The van der Waals surface area contributed by atoms with Crippen LogP contribution in [-0.4, -0.2) is 16.0 Å². The number of nitrogen functional groups attached to an aromatic ring is 1. The molecule has 7 nitrogen and oxygen atoms in total. The summed E-state index contributed by atoms with van der Waals surface area (Å²) < 4.78 is 44.1. The number of hydrogen-bond acceptors (Lipinski definition) is 5. The maximum atomic E-state index is 12.8. The number of benzene rings is 2. The number of urea groups is 1. The van der Waals surface area contributed by atoms with Crippen molar-refractivity contribution in [3.63, 3.8) is 0 Å². The summed E-state index contributed by atoms with van der Waals surface area (Å²) in [5.41, 5.74) is 8.30. The van der Waals surface area contributed by atoms with Crippen LogP contribution in [0.5, 0.6) is 11.6 Å². The predicted octanol–water partition coefficient (Wildman–Crippen LogP) is 7.40.